The van der Waals surface area contributed by atoms with E-state index >= 15 is 0 Å². The van der Waals surface area contributed by atoms with Crippen molar-refractivity contribution in [1.82, 2.24) is 4.57 Å². The number of ether oxygens (including phenoxy) is 1. The number of aromatic nitrogens is 2. The van der Waals surface area contributed by atoms with Crippen molar-refractivity contribution in [2.45, 2.75) is 19.3 Å². The topological polar surface area (TPSA) is 31.2 Å². The van der Waals surface area contributed by atoms with Crippen molar-refractivity contribution >= 4 is 0 Å². The lowest BCUT2D eigenvalue weighted by Gasteiger charge is -2.06. The van der Waals surface area contributed by atoms with Crippen molar-refractivity contribution in [3.05, 3.63) is 109 Å². The minimum atomic E-state index is 0. The summed E-state index contributed by atoms with van der Waals surface area (Å²) in [5.74, 6) is 3.12. The zero-order valence-corrected chi connectivity index (χ0v) is 20.5. The summed E-state index contributed by atoms with van der Waals surface area (Å²) in [6, 6.07) is 29.6. The Kier molecular flexibility index (Phi) is 6.12. The van der Waals surface area contributed by atoms with Crippen LogP contribution in [0.4, 0.5) is 0 Å². The molecule has 34 heavy (non-hydrogen) atoms. The number of para-hydroxylation sites is 2. The SMILES string of the molecule is COc1ccccc1-[n+]1cc(-c2ccc(-c3ccccc3)cc2)n2c1CCCc1occc1-2.[Br-]. The molecule has 0 fully saturated rings. The van der Waals surface area contributed by atoms with E-state index in [0.29, 0.717) is 0 Å². The van der Waals surface area contributed by atoms with Crippen LogP contribution in [0, 0.1) is 0 Å². The zero-order valence-electron chi connectivity index (χ0n) is 18.9. The van der Waals surface area contributed by atoms with Crippen molar-refractivity contribution in [1.29, 1.82) is 0 Å². The number of hydrogen-bond acceptors (Lipinski definition) is 2. The van der Waals surface area contributed by atoms with Gasteiger partial charge in [-0.1, -0.05) is 54.6 Å². The van der Waals surface area contributed by atoms with Crippen LogP contribution < -0.4 is 26.3 Å². The number of aryl methyl sites for hydroxylation is 1. The second-order valence-electron chi connectivity index (χ2n) is 8.33. The molecule has 0 spiro atoms. The molecule has 5 aromatic rings. The van der Waals surface area contributed by atoms with E-state index in [1.807, 2.05) is 18.2 Å². The van der Waals surface area contributed by atoms with Crippen molar-refractivity contribution in [3.63, 3.8) is 0 Å². The molecular formula is C29H25BrN2O2. The van der Waals surface area contributed by atoms with Gasteiger partial charge in [-0.25, -0.2) is 0 Å². The molecule has 0 unspecified atom stereocenters. The number of hydrogen-bond donors (Lipinski definition) is 0. The van der Waals surface area contributed by atoms with E-state index in [4.69, 9.17) is 9.15 Å². The Labute approximate surface area is 209 Å². The van der Waals surface area contributed by atoms with Crippen molar-refractivity contribution in [3.8, 4) is 39.5 Å². The Morgan fingerprint density at radius 2 is 1.50 bits per heavy atom. The molecule has 1 aliphatic heterocycles. The van der Waals surface area contributed by atoms with E-state index in [1.54, 1.807) is 13.4 Å². The number of halogens is 1. The van der Waals surface area contributed by atoms with Gasteiger partial charge in [0.15, 0.2) is 28.6 Å². The lowest BCUT2D eigenvalue weighted by atomic mass is 10.0. The molecule has 2 aromatic heterocycles. The first kappa shape index (κ1) is 22.2. The fourth-order valence-electron chi connectivity index (χ4n) is 4.83. The molecule has 0 amide bonds. The van der Waals surface area contributed by atoms with Gasteiger partial charge in [0.2, 0.25) is 0 Å². The highest BCUT2D eigenvalue weighted by Gasteiger charge is 2.32. The van der Waals surface area contributed by atoms with E-state index in [1.165, 1.54) is 22.5 Å². The number of imidazole rings is 1. The van der Waals surface area contributed by atoms with Crippen LogP contribution in [-0.4, -0.2) is 11.7 Å². The van der Waals surface area contributed by atoms with Gasteiger partial charge in [0.05, 0.1) is 19.8 Å². The Balaban J connectivity index is 0.00000241. The lowest BCUT2D eigenvalue weighted by molar-refractivity contribution is -0.603. The van der Waals surface area contributed by atoms with E-state index in [0.717, 1.165) is 47.8 Å². The lowest BCUT2D eigenvalue weighted by Crippen LogP contribution is -3.00. The fraction of sp³-hybridized carbons (Fsp3) is 0.138. The van der Waals surface area contributed by atoms with Gasteiger partial charge in [0.1, 0.15) is 6.20 Å². The predicted molar refractivity (Wildman–Crippen MR) is 129 cm³/mol. The maximum absolute atomic E-state index is 5.87. The molecule has 1 aliphatic rings. The Bertz CT molecular complexity index is 1420. The highest BCUT2D eigenvalue weighted by Crippen LogP contribution is 2.33. The summed E-state index contributed by atoms with van der Waals surface area (Å²) in [7, 11) is 1.73. The van der Waals surface area contributed by atoms with Gasteiger partial charge in [0, 0.05) is 18.1 Å². The summed E-state index contributed by atoms with van der Waals surface area (Å²) in [6.07, 6.45) is 6.95. The third-order valence-corrected chi connectivity index (χ3v) is 6.43. The highest BCUT2D eigenvalue weighted by atomic mass is 79.9. The van der Waals surface area contributed by atoms with Crippen LogP contribution in [0.5, 0.6) is 5.75 Å². The van der Waals surface area contributed by atoms with E-state index in [-0.39, 0.29) is 17.0 Å². The number of furan rings is 1. The molecule has 3 heterocycles. The minimum Gasteiger partial charge on any atom is -1.00 e. The summed E-state index contributed by atoms with van der Waals surface area (Å²) in [5, 5.41) is 0. The third kappa shape index (κ3) is 3.76. The Morgan fingerprint density at radius 3 is 2.29 bits per heavy atom. The molecule has 0 saturated heterocycles. The molecule has 4 nitrogen and oxygen atoms in total. The van der Waals surface area contributed by atoms with Crippen molar-refractivity contribution in [2.24, 2.45) is 0 Å². The standard InChI is InChI=1S/C29H25N2O2.BrH/c1-32-27-11-6-5-10-24(27)30-20-26(31-25-18-19-33-28(25)12-7-13-29(30)31)23-16-14-22(15-17-23)21-8-3-2-4-9-21;/h2-6,8-11,14-20H,7,12-13H2,1H3;1H/q+1;/p-1. The molecule has 0 bridgehead atoms. The third-order valence-electron chi connectivity index (χ3n) is 6.43. The van der Waals surface area contributed by atoms with Gasteiger partial charge in [-0.15, -0.1) is 0 Å². The monoisotopic (exact) mass is 512 g/mol. The van der Waals surface area contributed by atoms with Crippen LogP contribution >= 0.6 is 0 Å². The molecule has 0 aliphatic carbocycles. The second kappa shape index (κ2) is 9.35. The summed E-state index contributed by atoms with van der Waals surface area (Å²) >= 11 is 0. The number of fused-ring (bicyclic) bond motifs is 3. The largest absolute Gasteiger partial charge is 1.00 e. The zero-order chi connectivity index (χ0) is 22.2. The highest BCUT2D eigenvalue weighted by molar-refractivity contribution is 5.70. The van der Waals surface area contributed by atoms with Crippen LogP contribution in [0.3, 0.4) is 0 Å². The predicted octanol–water partition coefficient (Wildman–Crippen LogP) is 3.18. The second-order valence-corrected chi connectivity index (χ2v) is 8.33. The molecule has 5 heteroatoms. The molecular weight excluding hydrogens is 488 g/mol. The molecule has 3 aromatic carbocycles. The number of rotatable bonds is 4. The maximum atomic E-state index is 5.87. The quantitative estimate of drug-likeness (QED) is 0.346. The van der Waals surface area contributed by atoms with Gasteiger partial charge in [0.25, 0.3) is 5.82 Å². The first-order chi connectivity index (χ1) is 16.3. The molecule has 0 radical (unpaired) electrons. The molecule has 0 atom stereocenters. The molecule has 0 N–H and O–H groups in total. The molecule has 6 rings (SSSR count). The van der Waals surface area contributed by atoms with Crippen LogP contribution in [0.1, 0.15) is 18.0 Å². The summed E-state index contributed by atoms with van der Waals surface area (Å²) < 4.78 is 16.2. The Morgan fingerprint density at radius 1 is 0.794 bits per heavy atom. The number of nitrogens with zero attached hydrogens (tertiary/aromatic N) is 2. The van der Waals surface area contributed by atoms with Crippen molar-refractivity contribution < 1.29 is 30.7 Å². The molecule has 170 valence electrons. The van der Waals surface area contributed by atoms with E-state index < -0.39 is 0 Å². The van der Waals surface area contributed by atoms with Crippen LogP contribution in [0.2, 0.25) is 0 Å². The van der Waals surface area contributed by atoms with Gasteiger partial charge in [-0.05, 0) is 41.8 Å². The Hall–Kier alpha value is -3.57. The average Bonchev–Trinajstić information content (AvgIpc) is 3.45. The van der Waals surface area contributed by atoms with Crippen LogP contribution in [0.15, 0.2) is 102 Å². The number of benzene rings is 3. The summed E-state index contributed by atoms with van der Waals surface area (Å²) in [5.41, 5.74) is 6.91. The van der Waals surface area contributed by atoms with Crippen LogP contribution in [-0.2, 0) is 12.8 Å². The normalized spacial score (nSPS) is 12.3. The summed E-state index contributed by atoms with van der Waals surface area (Å²) in [4.78, 5) is 0. The minimum absolute atomic E-state index is 0. The van der Waals surface area contributed by atoms with Gasteiger partial charge < -0.3 is 26.1 Å². The smallest absolute Gasteiger partial charge is 0.267 e. The van der Waals surface area contributed by atoms with Crippen LogP contribution in [0.25, 0.3) is 33.8 Å². The first-order valence-corrected chi connectivity index (χ1v) is 11.4. The fourth-order valence-corrected chi connectivity index (χ4v) is 4.83. The van der Waals surface area contributed by atoms with E-state index in [9.17, 15) is 0 Å². The first-order valence-electron chi connectivity index (χ1n) is 11.4. The van der Waals surface area contributed by atoms with Gasteiger partial charge in [-0.3, -0.25) is 0 Å². The number of methoxy groups -OCH3 is 1. The van der Waals surface area contributed by atoms with Gasteiger partial charge in [-0.2, -0.15) is 9.13 Å². The maximum Gasteiger partial charge on any atom is 0.267 e. The van der Waals surface area contributed by atoms with E-state index in [2.05, 4.69) is 82.1 Å². The average molecular weight is 513 g/mol. The van der Waals surface area contributed by atoms with Crippen molar-refractivity contribution in [2.75, 3.05) is 7.11 Å². The summed E-state index contributed by atoms with van der Waals surface area (Å²) in [6.45, 7) is 0. The van der Waals surface area contributed by atoms with Gasteiger partial charge >= 0.3 is 0 Å². The molecule has 0 saturated carbocycles.